The van der Waals surface area contributed by atoms with Gasteiger partial charge >= 0.3 is 23.9 Å². The van der Waals surface area contributed by atoms with Gasteiger partial charge in [0.25, 0.3) is 0 Å². The predicted molar refractivity (Wildman–Crippen MR) is 108 cm³/mol. The highest BCUT2D eigenvalue weighted by molar-refractivity contribution is 5.93. The number of fused-ring (bicyclic) bond motifs is 2. The summed E-state index contributed by atoms with van der Waals surface area (Å²) >= 11 is 0. The van der Waals surface area contributed by atoms with Crippen molar-refractivity contribution in [3.05, 3.63) is 35.5 Å². The summed E-state index contributed by atoms with van der Waals surface area (Å²) in [4.78, 5) is 48.7. The molecule has 168 valence electrons. The number of rotatable bonds is 5. The zero-order valence-electron chi connectivity index (χ0n) is 18.3. The van der Waals surface area contributed by atoms with E-state index in [4.69, 9.17) is 18.9 Å². The molecule has 0 saturated carbocycles. The molecule has 3 aliphatic rings. The smallest absolute Gasteiger partial charge is 0.334 e. The van der Waals surface area contributed by atoms with Gasteiger partial charge in [-0.1, -0.05) is 19.1 Å². The normalized spacial score (nSPS) is 31.3. The van der Waals surface area contributed by atoms with E-state index in [0.717, 1.165) is 5.57 Å². The molecular formula is C23H28O8. The van der Waals surface area contributed by atoms with E-state index in [9.17, 15) is 19.2 Å². The Labute approximate surface area is 181 Å². The molecule has 0 radical (unpaired) electrons. The van der Waals surface area contributed by atoms with Crippen LogP contribution in [-0.4, -0.2) is 47.8 Å². The van der Waals surface area contributed by atoms with Crippen molar-refractivity contribution in [3.8, 4) is 0 Å². The topological polar surface area (TPSA) is 105 Å². The highest BCUT2D eigenvalue weighted by atomic mass is 16.6. The monoisotopic (exact) mass is 432 g/mol. The number of hydrogen-bond acceptors (Lipinski definition) is 8. The molecule has 0 amide bonds. The van der Waals surface area contributed by atoms with E-state index in [0.29, 0.717) is 18.4 Å². The van der Waals surface area contributed by atoms with Crippen LogP contribution in [0.3, 0.4) is 0 Å². The Hall–Kier alpha value is -2.90. The summed E-state index contributed by atoms with van der Waals surface area (Å²) in [6.07, 6.45) is 2.48. The van der Waals surface area contributed by atoms with Crippen molar-refractivity contribution in [3.63, 3.8) is 0 Å². The third-order valence-electron chi connectivity index (χ3n) is 5.90. The van der Waals surface area contributed by atoms with Gasteiger partial charge in [-0.15, -0.1) is 0 Å². The van der Waals surface area contributed by atoms with Crippen molar-refractivity contribution in [2.24, 2.45) is 5.92 Å². The summed E-state index contributed by atoms with van der Waals surface area (Å²) in [5.74, 6) is -2.71. The zero-order valence-corrected chi connectivity index (χ0v) is 18.3. The van der Waals surface area contributed by atoms with Crippen LogP contribution < -0.4 is 0 Å². The molecule has 0 aromatic carbocycles. The Balaban J connectivity index is 1.87. The maximum absolute atomic E-state index is 12.8. The molecule has 0 aromatic rings. The van der Waals surface area contributed by atoms with E-state index >= 15 is 0 Å². The molecule has 2 heterocycles. The Morgan fingerprint density at radius 3 is 2.55 bits per heavy atom. The minimum atomic E-state index is -1.000. The SMILES string of the molecule is C=C1C(=O)O[C@H]2CC3=C[C@@H](C/C(C)=C/[C@@H](OC(=O)CC(C)(CC)OC(C)=O)[C@H]12)OC3=O. The maximum Gasteiger partial charge on any atom is 0.334 e. The number of carbonyl (C=O) groups excluding carboxylic acids is 4. The lowest BCUT2D eigenvalue weighted by Gasteiger charge is -2.29. The van der Waals surface area contributed by atoms with Gasteiger partial charge in [-0.25, -0.2) is 9.59 Å². The molecule has 8 heteroatoms. The first-order valence-corrected chi connectivity index (χ1v) is 10.4. The van der Waals surface area contributed by atoms with Crippen LogP contribution in [0.5, 0.6) is 0 Å². The molecule has 1 unspecified atom stereocenters. The first-order valence-electron chi connectivity index (χ1n) is 10.4. The molecule has 0 aromatic heterocycles. The third-order valence-corrected chi connectivity index (χ3v) is 5.90. The van der Waals surface area contributed by atoms with E-state index in [2.05, 4.69) is 6.58 Å². The molecule has 3 rings (SSSR count). The minimum Gasteiger partial charge on any atom is -0.459 e. The molecule has 8 nitrogen and oxygen atoms in total. The van der Waals surface area contributed by atoms with Gasteiger partial charge in [-0.2, -0.15) is 0 Å². The van der Waals surface area contributed by atoms with E-state index in [1.165, 1.54) is 6.92 Å². The molecule has 1 saturated heterocycles. The van der Waals surface area contributed by atoms with Crippen LogP contribution in [-0.2, 0) is 38.1 Å². The van der Waals surface area contributed by atoms with E-state index in [1.54, 1.807) is 19.1 Å². The molecule has 0 spiro atoms. The van der Waals surface area contributed by atoms with Crippen molar-refractivity contribution >= 4 is 23.9 Å². The van der Waals surface area contributed by atoms with Gasteiger partial charge in [0.2, 0.25) is 0 Å². The van der Waals surface area contributed by atoms with E-state index in [1.807, 2.05) is 13.8 Å². The average Bonchev–Trinajstić information content (AvgIpc) is 3.12. The first-order chi connectivity index (χ1) is 14.5. The zero-order chi connectivity index (χ0) is 22.9. The molecule has 2 aliphatic heterocycles. The van der Waals surface area contributed by atoms with Crippen LogP contribution >= 0.6 is 0 Å². The molecule has 1 fully saturated rings. The molecule has 2 bridgehead atoms. The second kappa shape index (κ2) is 8.69. The van der Waals surface area contributed by atoms with Gasteiger partial charge < -0.3 is 18.9 Å². The highest BCUT2D eigenvalue weighted by Crippen LogP contribution is 2.38. The first kappa shape index (κ1) is 22.8. The molecule has 5 atom stereocenters. The van der Waals surface area contributed by atoms with Crippen molar-refractivity contribution in [1.82, 2.24) is 0 Å². The Morgan fingerprint density at radius 1 is 1.19 bits per heavy atom. The number of esters is 4. The second-order valence-electron chi connectivity index (χ2n) is 8.58. The second-order valence-corrected chi connectivity index (χ2v) is 8.58. The Morgan fingerprint density at radius 2 is 1.90 bits per heavy atom. The fourth-order valence-electron chi connectivity index (χ4n) is 4.19. The summed E-state index contributed by atoms with van der Waals surface area (Å²) < 4.78 is 21.9. The fourth-order valence-corrected chi connectivity index (χ4v) is 4.19. The van der Waals surface area contributed by atoms with Gasteiger partial charge in [0.05, 0.1) is 12.3 Å². The highest BCUT2D eigenvalue weighted by Gasteiger charge is 2.47. The summed E-state index contributed by atoms with van der Waals surface area (Å²) in [6.45, 7) is 10.4. The lowest BCUT2D eigenvalue weighted by molar-refractivity contribution is -0.165. The van der Waals surface area contributed by atoms with Crippen LogP contribution in [0.15, 0.2) is 35.5 Å². The lowest BCUT2D eigenvalue weighted by atomic mass is 9.85. The minimum absolute atomic E-state index is 0.138. The van der Waals surface area contributed by atoms with Crippen molar-refractivity contribution in [2.75, 3.05) is 0 Å². The predicted octanol–water partition coefficient (Wildman–Crippen LogP) is 2.71. The number of ether oxygens (including phenoxy) is 4. The van der Waals surface area contributed by atoms with Crippen LogP contribution in [0, 0.1) is 5.92 Å². The Bertz CT molecular complexity index is 882. The van der Waals surface area contributed by atoms with Gasteiger partial charge in [0.15, 0.2) is 0 Å². The van der Waals surface area contributed by atoms with E-state index in [-0.39, 0.29) is 18.4 Å². The van der Waals surface area contributed by atoms with Gasteiger partial charge in [-0.3, -0.25) is 9.59 Å². The fraction of sp³-hybridized carbons (Fsp3) is 0.565. The summed E-state index contributed by atoms with van der Waals surface area (Å²) in [5.41, 5.74) is 0.462. The maximum atomic E-state index is 12.8. The van der Waals surface area contributed by atoms with Gasteiger partial charge in [0.1, 0.15) is 23.9 Å². The molecular weight excluding hydrogens is 404 g/mol. The molecule has 31 heavy (non-hydrogen) atoms. The van der Waals surface area contributed by atoms with Gasteiger partial charge in [0, 0.05) is 30.9 Å². The van der Waals surface area contributed by atoms with Crippen LogP contribution in [0.2, 0.25) is 0 Å². The molecule has 0 N–H and O–H groups in total. The van der Waals surface area contributed by atoms with Crippen LogP contribution in [0.4, 0.5) is 0 Å². The lowest BCUT2D eigenvalue weighted by Crippen LogP contribution is -2.37. The standard InChI is InChI=1S/C23H28O8/c1-6-23(5,31-14(4)24)11-19(25)29-17-8-12(2)7-16-9-15(22(27)28-16)10-18-20(17)13(3)21(26)30-18/h8-9,16-18,20H,3,6-7,10-11H2,1-2,4-5H3/b12-8+/t16-,17-,18+,20+,23?/m1/s1. The Kier molecular flexibility index (Phi) is 6.38. The third kappa shape index (κ3) is 5.06. The number of carbonyl (C=O) groups is 4. The van der Waals surface area contributed by atoms with Crippen LogP contribution in [0.25, 0.3) is 0 Å². The summed E-state index contributed by atoms with van der Waals surface area (Å²) in [6, 6.07) is 0. The number of hydrogen-bond donors (Lipinski definition) is 0. The quantitative estimate of drug-likeness (QED) is 0.283. The molecule has 1 aliphatic carbocycles. The summed E-state index contributed by atoms with van der Waals surface area (Å²) in [5, 5.41) is 0. The largest absolute Gasteiger partial charge is 0.459 e. The van der Waals surface area contributed by atoms with Gasteiger partial charge in [-0.05, 0) is 32.4 Å². The van der Waals surface area contributed by atoms with Crippen LogP contribution in [0.1, 0.15) is 53.4 Å². The van der Waals surface area contributed by atoms with Crippen molar-refractivity contribution < 1.29 is 38.1 Å². The summed E-state index contributed by atoms with van der Waals surface area (Å²) in [7, 11) is 0. The van der Waals surface area contributed by atoms with Crippen molar-refractivity contribution in [1.29, 1.82) is 0 Å². The van der Waals surface area contributed by atoms with E-state index < -0.39 is 53.7 Å². The van der Waals surface area contributed by atoms with Crippen molar-refractivity contribution in [2.45, 2.75) is 77.3 Å². The average molecular weight is 432 g/mol.